The number of rotatable bonds is 15. The van der Waals surface area contributed by atoms with Crippen molar-refractivity contribution in [3.8, 4) is 29.6 Å². The molecule has 2 aromatic carbocycles. The Morgan fingerprint density at radius 1 is 0.829 bits per heavy atom. The summed E-state index contributed by atoms with van der Waals surface area (Å²) in [5, 5.41) is 4.08. The first-order chi connectivity index (χ1) is 17.2. The van der Waals surface area contributed by atoms with Crippen LogP contribution in [0.1, 0.15) is 12.5 Å². The Bertz CT molecular complexity index is 1130. The van der Waals surface area contributed by atoms with Gasteiger partial charge in [-0.1, -0.05) is 5.92 Å². The highest BCUT2D eigenvalue weighted by atomic mass is 16.5. The largest absolute Gasteiger partial charge is 0.491 e. The van der Waals surface area contributed by atoms with Crippen LogP contribution in [0.2, 0.25) is 0 Å². The van der Waals surface area contributed by atoms with Crippen molar-refractivity contribution in [2.45, 2.75) is 6.92 Å². The first-order valence-corrected chi connectivity index (χ1v) is 11.3. The van der Waals surface area contributed by atoms with Crippen molar-refractivity contribution in [2.75, 3.05) is 65.8 Å². The Hall–Kier alpha value is -3.58. The molecule has 0 saturated heterocycles. The van der Waals surface area contributed by atoms with Crippen molar-refractivity contribution >= 4 is 22.4 Å². The van der Waals surface area contributed by atoms with Crippen LogP contribution >= 0.6 is 0 Å². The molecule has 0 unspecified atom stereocenters. The van der Waals surface area contributed by atoms with Crippen molar-refractivity contribution in [3.05, 3.63) is 42.2 Å². The van der Waals surface area contributed by atoms with Gasteiger partial charge in [0.05, 0.1) is 25.3 Å². The lowest BCUT2D eigenvalue weighted by atomic mass is 10.1. The van der Waals surface area contributed by atoms with E-state index in [0.717, 1.165) is 11.1 Å². The topological polar surface area (TPSA) is 93.2 Å². The summed E-state index contributed by atoms with van der Waals surface area (Å²) >= 11 is 0. The molecule has 0 radical (unpaired) electrons. The van der Waals surface area contributed by atoms with Crippen LogP contribution in [0.15, 0.2) is 36.7 Å². The van der Waals surface area contributed by atoms with E-state index in [2.05, 4.69) is 21.2 Å². The highest BCUT2D eigenvalue weighted by molar-refractivity contribution is 5.93. The zero-order chi connectivity index (χ0) is 24.9. The first kappa shape index (κ1) is 26.0. The molecule has 9 heteroatoms. The van der Waals surface area contributed by atoms with Gasteiger partial charge in [0.1, 0.15) is 37.7 Å². The quantitative estimate of drug-likeness (QED) is 0.257. The van der Waals surface area contributed by atoms with Crippen LogP contribution in [-0.2, 0) is 14.2 Å². The number of methoxy groups -OCH3 is 2. The van der Waals surface area contributed by atoms with Gasteiger partial charge in [0.2, 0.25) is 0 Å². The molecule has 0 fully saturated rings. The van der Waals surface area contributed by atoms with Gasteiger partial charge < -0.3 is 33.7 Å². The summed E-state index contributed by atoms with van der Waals surface area (Å²) < 4.78 is 33.1. The fourth-order valence-electron chi connectivity index (χ4n) is 3.20. The third kappa shape index (κ3) is 7.72. The van der Waals surface area contributed by atoms with E-state index in [1.165, 1.54) is 6.33 Å². The normalized spacial score (nSPS) is 10.7. The lowest BCUT2D eigenvalue weighted by Crippen LogP contribution is -2.09. The number of fused-ring (bicyclic) bond motifs is 1. The number of hydrogen-bond donors (Lipinski definition) is 1. The molecule has 3 aromatic rings. The predicted molar refractivity (Wildman–Crippen MR) is 134 cm³/mol. The van der Waals surface area contributed by atoms with Gasteiger partial charge in [0, 0.05) is 49.6 Å². The van der Waals surface area contributed by atoms with Crippen LogP contribution in [0.3, 0.4) is 0 Å². The third-order valence-electron chi connectivity index (χ3n) is 4.83. The number of aromatic nitrogens is 2. The van der Waals surface area contributed by atoms with Crippen molar-refractivity contribution in [1.29, 1.82) is 0 Å². The number of ether oxygens (including phenoxy) is 6. The Kier molecular flexibility index (Phi) is 10.4. The summed E-state index contributed by atoms with van der Waals surface area (Å²) in [5.41, 5.74) is 2.10. The summed E-state index contributed by atoms with van der Waals surface area (Å²) in [5.74, 6) is 5.00. The van der Waals surface area contributed by atoms with E-state index in [-0.39, 0.29) is 0 Å². The van der Waals surface area contributed by atoms with E-state index >= 15 is 0 Å². The SMILES string of the molecule is C#Cc1cc(Nc2ncnc3cc(OCCOC)c(OCCOC)cc23)cc(OCCOCC)c1. The smallest absolute Gasteiger partial charge is 0.163 e. The summed E-state index contributed by atoms with van der Waals surface area (Å²) in [4.78, 5) is 8.85. The second-order valence-corrected chi connectivity index (χ2v) is 7.28. The number of terminal acetylenes is 1. The molecule has 35 heavy (non-hydrogen) atoms. The molecule has 0 aliphatic carbocycles. The Morgan fingerprint density at radius 3 is 2.23 bits per heavy atom. The summed E-state index contributed by atoms with van der Waals surface area (Å²) in [7, 11) is 3.24. The Morgan fingerprint density at radius 2 is 1.54 bits per heavy atom. The van der Waals surface area contributed by atoms with Crippen molar-refractivity contribution in [2.24, 2.45) is 0 Å². The van der Waals surface area contributed by atoms with Crippen LogP contribution in [0, 0.1) is 12.3 Å². The molecule has 0 saturated carbocycles. The Balaban J connectivity index is 1.90. The summed E-state index contributed by atoms with van der Waals surface area (Å²) in [6.07, 6.45) is 7.14. The molecule has 0 atom stereocenters. The molecule has 0 aliphatic heterocycles. The minimum atomic E-state index is 0.367. The number of hydrogen-bond acceptors (Lipinski definition) is 9. The van der Waals surface area contributed by atoms with Gasteiger partial charge in [-0.25, -0.2) is 9.97 Å². The van der Waals surface area contributed by atoms with Crippen molar-refractivity contribution in [3.63, 3.8) is 0 Å². The van der Waals surface area contributed by atoms with E-state index in [1.54, 1.807) is 20.3 Å². The summed E-state index contributed by atoms with van der Waals surface area (Å²) in [6, 6.07) is 9.18. The zero-order valence-electron chi connectivity index (χ0n) is 20.3. The van der Waals surface area contributed by atoms with Crippen LogP contribution in [0.5, 0.6) is 17.2 Å². The van der Waals surface area contributed by atoms with Crippen molar-refractivity contribution in [1.82, 2.24) is 9.97 Å². The fourth-order valence-corrected chi connectivity index (χ4v) is 3.20. The molecule has 1 N–H and O–H groups in total. The molecule has 0 bridgehead atoms. The van der Waals surface area contributed by atoms with E-state index in [9.17, 15) is 0 Å². The molecule has 186 valence electrons. The maximum Gasteiger partial charge on any atom is 0.163 e. The summed E-state index contributed by atoms with van der Waals surface area (Å²) in [6.45, 7) is 5.13. The minimum Gasteiger partial charge on any atom is -0.491 e. The van der Waals surface area contributed by atoms with E-state index in [4.69, 9.17) is 34.8 Å². The predicted octanol–water partition coefficient (Wildman–Crippen LogP) is 3.82. The van der Waals surface area contributed by atoms with Crippen LogP contribution < -0.4 is 19.5 Å². The standard InChI is InChI=1S/C26H31N3O6/c1-5-19-13-20(15-21(14-19)33-12-9-32-6-2)29-26-22-16-24(34-10-7-30-3)25(35-11-8-31-4)17-23(22)27-18-28-26/h1,13-18H,6-12H2,2-4H3,(H,27,28,29). The number of nitrogens with zero attached hydrogens (tertiary/aromatic N) is 2. The number of nitrogens with one attached hydrogen (secondary N) is 1. The second-order valence-electron chi connectivity index (χ2n) is 7.28. The lowest BCUT2D eigenvalue weighted by molar-refractivity contribution is 0.110. The van der Waals surface area contributed by atoms with Gasteiger partial charge in [-0.2, -0.15) is 0 Å². The number of anilines is 2. The maximum absolute atomic E-state index is 5.91. The monoisotopic (exact) mass is 481 g/mol. The van der Waals surface area contributed by atoms with Gasteiger partial charge in [-0.3, -0.25) is 0 Å². The maximum atomic E-state index is 5.91. The molecule has 0 amide bonds. The Labute approximate surface area is 205 Å². The molecular weight excluding hydrogens is 450 g/mol. The van der Waals surface area contributed by atoms with E-state index < -0.39 is 0 Å². The van der Waals surface area contributed by atoms with Crippen LogP contribution in [0.25, 0.3) is 10.9 Å². The molecular formula is C26H31N3O6. The van der Waals surface area contributed by atoms with Crippen molar-refractivity contribution < 1.29 is 28.4 Å². The fraction of sp³-hybridized carbons (Fsp3) is 0.385. The van der Waals surface area contributed by atoms with Gasteiger partial charge in [0.25, 0.3) is 0 Å². The zero-order valence-corrected chi connectivity index (χ0v) is 20.3. The minimum absolute atomic E-state index is 0.367. The van der Waals surface area contributed by atoms with Crippen LogP contribution in [0.4, 0.5) is 11.5 Å². The molecule has 0 spiro atoms. The van der Waals surface area contributed by atoms with Gasteiger partial charge >= 0.3 is 0 Å². The number of benzene rings is 2. The van der Waals surface area contributed by atoms with E-state index in [0.29, 0.717) is 80.4 Å². The van der Waals surface area contributed by atoms with Crippen LogP contribution in [-0.4, -0.2) is 70.4 Å². The molecule has 1 heterocycles. The average Bonchev–Trinajstić information content (AvgIpc) is 2.87. The lowest BCUT2D eigenvalue weighted by Gasteiger charge is -2.15. The third-order valence-corrected chi connectivity index (χ3v) is 4.83. The molecule has 1 aromatic heterocycles. The van der Waals surface area contributed by atoms with Gasteiger partial charge in [0.15, 0.2) is 11.5 Å². The average molecular weight is 482 g/mol. The molecule has 0 aliphatic rings. The van der Waals surface area contributed by atoms with Gasteiger partial charge in [-0.05, 0) is 25.1 Å². The first-order valence-electron chi connectivity index (χ1n) is 11.3. The second kappa shape index (κ2) is 14.0. The van der Waals surface area contributed by atoms with E-state index in [1.807, 2.05) is 31.2 Å². The highest BCUT2D eigenvalue weighted by Gasteiger charge is 2.13. The highest BCUT2D eigenvalue weighted by Crippen LogP contribution is 2.35. The molecule has 3 rings (SSSR count). The molecule has 9 nitrogen and oxygen atoms in total. The van der Waals surface area contributed by atoms with Gasteiger partial charge in [-0.15, -0.1) is 6.42 Å².